The minimum atomic E-state index is -0.978. The van der Waals surface area contributed by atoms with Crippen LogP contribution in [0.15, 0.2) is 18.2 Å². The SMILES string of the molecule is CCC(C)(CNC(=O)Nc1cc(C)ccc1Cl)C(=O)O. The molecule has 0 aliphatic rings. The van der Waals surface area contributed by atoms with Crippen molar-refractivity contribution in [2.75, 3.05) is 11.9 Å². The molecule has 0 heterocycles. The van der Waals surface area contributed by atoms with E-state index >= 15 is 0 Å². The van der Waals surface area contributed by atoms with E-state index in [1.807, 2.05) is 13.0 Å². The number of hydrogen-bond donors (Lipinski definition) is 3. The first kappa shape index (κ1) is 16.3. The van der Waals surface area contributed by atoms with Gasteiger partial charge in [0, 0.05) is 6.54 Å². The summed E-state index contributed by atoms with van der Waals surface area (Å²) >= 11 is 5.97. The molecule has 6 heteroatoms. The van der Waals surface area contributed by atoms with Gasteiger partial charge in [-0.25, -0.2) is 4.79 Å². The third-order valence-electron chi connectivity index (χ3n) is 3.31. The molecule has 2 amide bonds. The molecule has 0 aliphatic carbocycles. The molecule has 1 aromatic carbocycles. The number of aryl methyl sites for hydroxylation is 1. The number of carboxylic acid groups (broad SMARTS) is 1. The first-order chi connectivity index (χ1) is 9.28. The number of amides is 2. The Kier molecular flexibility index (Phi) is 5.39. The Morgan fingerprint density at radius 3 is 2.60 bits per heavy atom. The van der Waals surface area contributed by atoms with E-state index in [0.717, 1.165) is 5.56 Å². The van der Waals surface area contributed by atoms with Gasteiger partial charge in [0.2, 0.25) is 0 Å². The third-order valence-corrected chi connectivity index (χ3v) is 3.64. The monoisotopic (exact) mass is 298 g/mol. The summed E-state index contributed by atoms with van der Waals surface area (Å²) in [5.74, 6) is -0.936. The predicted molar refractivity (Wildman–Crippen MR) is 79.2 cm³/mol. The van der Waals surface area contributed by atoms with Crippen molar-refractivity contribution < 1.29 is 14.7 Å². The van der Waals surface area contributed by atoms with E-state index in [9.17, 15) is 9.59 Å². The molecule has 1 atom stereocenters. The summed E-state index contributed by atoms with van der Waals surface area (Å²) in [5.41, 5.74) is 0.486. The Hall–Kier alpha value is -1.75. The number of nitrogens with one attached hydrogen (secondary N) is 2. The van der Waals surface area contributed by atoms with Crippen molar-refractivity contribution in [2.24, 2.45) is 5.41 Å². The van der Waals surface area contributed by atoms with Gasteiger partial charge in [0.25, 0.3) is 0 Å². The van der Waals surface area contributed by atoms with Gasteiger partial charge in [-0.15, -0.1) is 0 Å². The molecule has 0 aliphatic heterocycles. The van der Waals surface area contributed by atoms with Gasteiger partial charge < -0.3 is 15.7 Å². The molecule has 0 saturated heterocycles. The van der Waals surface area contributed by atoms with E-state index in [1.165, 1.54) is 0 Å². The highest BCUT2D eigenvalue weighted by molar-refractivity contribution is 6.33. The van der Waals surface area contributed by atoms with Crippen LogP contribution < -0.4 is 10.6 Å². The first-order valence-electron chi connectivity index (χ1n) is 6.33. The van der Waals surface area contributed by atoms with Gasteiger partial charge in [0.05, 0.1) is 16.1 Å². The van der Waals surface area contributed by atoms with Crippen molar-refractivity contribution in [2.45, 2.75) is 27.2 Å². The van der Waals surface area contributed by atoms with Gasteiger partial charge in [-0.2, -0.15) is 0 Å². The van der Waals surface area contributed by atoms with Crippen LogP contribution in [0, 0.1) is 12.3 Å². The van der Waals surface area contributed by atoms with Crippen LogP contribution in [-0.2, 0) is 4.79 Å². The summed E-state index contributed by atoms with van der Waals surface area (Å²) in [6.07, 6.45) is 0.424. The van der Waals surface area contributed by atoms with Gasteiger partial charge in [-0.05, 0) is 38.0 Å². The number of aliphatic carboxylic acids is 1. The highest BCUT2D eigenvalue weighted by Crippen LogP contribution is 2.23. The van der Waals surface area contributed by atoms with E-state index in [0.29, 0.717) is 17.1 Å². The second-order valence-electron chi connectivity index (χ2n) is 5.01. The summed E-state index contributed by atoms with van der Waals surface area (Å²) in [6.45, 7) is 5.30. The number of rotatable bonds is 5. The molecular weight excluding hydrogens is 280 g/mol. The van der Waals surface area contributed by atoms with Gasteiger partial charge >= 0.3 is 12.0 Å². The second-order valence-corrected chi connectivity index (χ2v) is 5.42. The molecule has 0 radical (unpaired) electrons. The van der Waals surface area contributed by atoms with Crippen LogP contribution in [0.3, 0.4) is 0 Å². The minimum Gasteiger partial charge on any atom is -0.481 e. The van der Waals surface area contributed by atoms with Crippen LogP contribution in [-0.4, -0.2) is 23.7 Å². The average molecular weight is 299 g/mol. The predicted octanol–water partition coefficient (Wildman–Crippen LogP) is 3.27. The Morgan fingerprint density at radius 2 is 2.05 bits per heavy atom. The maximum atomic E-state index is 11.8. The Bertz CT molecular complexity index is 519. The van der Waals surface area contributed by atoms with Gasteiger partial charge in [0.15, 0.2) is 0 Å². The van der Waals surface area contributed by atoms with Crippen LogP contribution in [0.1, 0.15) is 25.8 Å². The lowest BCUT2D eigenvalue weighted by Crippen LogP contribution is -2.42. The summed E-state index contributed by atoms with van der Waals surface area (Å²) in [4.78, 5) is 22.9. The summed E-state index contributed by atoms with van der Waals surface area (Å²) in [7, 11) is 0. The number of carbonyl (C=O) groups is 2. The maximum Gasteiger partial charge on any atom is 0.319 e. The van der Waals surface area contributed by atoms with E-state index in [2.05, 4.69) is 10.6 Å². The molecule has 110 valence electrons. The second kappa shape index (κ2) is 6.61. The van der Waals surface area contributed by atoms with E-state index < -0.39 is 17.4 Å². The molecule has 0 fully saturated rings. The molecule has 3 N–H and O–H groups in total. The normalized spacial score (nSPS) is 13.4. The molecule has 5 nitrogen and oxygen atoms in total. The van der Waals surface area contributed by atoms with Crippen molar-refractivity contribution in [3.05, 3.63) is 28.8 Å². The molecule has 1 rings (SSSR count). The Balaban J connectivity index is 2.65. The molecule has 1 unspecified atom stereocenters. The van der Waals surface area contributed by atoms with Crippen molar-refractivity contribution >= 4 is 29.3 Å². The van der Waals surface area contributed by atoms with Crippen LogP contribution in [0.5, 0.6) is 0 Å². The number of halogens is 1. The fraction of sp³-hybridized carbons (Fsp3) is 0.429. The summed E-state index contributed by atoms with van der Waals surface area (Å²) in [5, 5.41) is 14.7. The number of hydrogen-bond acceptors (Lipinski definition) is 2. The molecule has 0 bridgehead atoms. The van der Waals surface area contributed by atoms with E-state index in [1.54, 1.807) is 26.0 Å². The number of anilines is 1. The molecule has 0 spiro atoms. The van der Waals surface area contributed by atoms with Gasteiger partial charge in [-0.3, -0.25) is 4.79 Å². The quantitative estimate of drug-likeness (QED) is 0.780. The molecular formula is C14H19ClN2O3. The van der Waals surface area contributed by atoms with Crippen molar-refractivity contribution in [1.82, 2.24) is 5.32 Å². The lowest BCUT2D eigenvalue weighted by molar-refractivity contribution is -0.147. The molecule has 20 heavy (non-hydrogen) atoms. The molecule has 0 saturated carbocycles. The van der Waals surface area contributed by atoms with E-state index in [-0.39, 0.29) is 6.54 Å². The topological polar surface area (TPSA) is 78.4 Å². The molecule has 0 aromatic heterocycles. The smallest absolute Gasteiger partial charge is 0.319 e. The number of carbonyl (C=O) groups excluding carboxylic acids is 1. The third kappa shape index (κ3) is 4.13. The fourth-order valence-corrected chi connectivity index (χ4v) is 1.69. The van der Waals surface area contributed by atoms with Crippen molar-refractivity contribution in [3.8, 4) is 0 Å². The van der Waals surface area contributed by atoms with Gasteiger partial charge in [0.1, 0.15) is 0 Å². The van der Waals surface area contributed by atoms with Crippen LogP contribution in [0.4, 0.5) is 10.5 Å². The first-order valence-corrected chi connectivity index (χ1v) is 6.70. The van der Waals surface area contributed by atoms with Crippen LogP contribution in [0.2, 0.25) is 5.02 Å². The fourth-order valence-electron chi connectivity index (χ4n) is 1.53. The number of benzene rings is 1. The number of urea groups is 1. The van der Waals surface area contributed by atoms with Crippen LogP contribution in [0.25, 0.3) is 0 Å². The zero-order valence-electron chi connectivity index (χ0n) is 11.8. The lowest BCUT2D eigenvalue weighted by Gasteiger charge is -2.23. The zero-order valence-corrected chi connectivity index (χ0v) is 12.5. The largest absolute Gasteiger partial charge is 0.481 e. The van der Waals surface area contributed by atoms with Crippen molar-refractivity contribution in [1.29, 1.82) is 0 Å². The summed E-state index contributed by atoms with van der Waals surface area (Å²) in [6, 6.07) is 4.81. The minimum absolute atomic E-state index is 0.0497. The maximum absolute atomic E-state index is 11.8. The standard InChI is InChI=1S/C14H19ClN2O3/c1-4-14(3,12(18)19)8-16-13(20)17-11-7-9(2)5-6-10(11)15/h5-7H,4,8H2,1-3H3,(H,18,19)(H2,16,17,20). The lowest BCUT2D eigenvalue weighted by atomic mass is 9.88. The highest BCUT2D eigenvalue weighted by atomic mass is 35.5. The summed E-state index contributed by atoms with van der Waals surface area (Å²) < 4.78 is 0. The Labute approximate surface area is 123 Å². The average Bonchev–Trinajstić information content (AvgIpc) is 2.40. The van der Waals surface area contributed by atoms with Gasteiger partial charge in [-0.1, -0.05) is 24.6 Å². The van der Waals surface area contributed by atoms with E-state index in [4.69, 9.17) is 16.7 Å². The Morgan fingerprint density at radius 1 is 1.40 bits per heavy atom. The van der Waals surface area contributed by atoms with Crippen molar-refractivity contribution in [3.63, 3.8) is 0 Å². The highest BCUT2D eigenvalue weighted by Gasteiger charge is 2.31. The number of carboxylic acids is 1. The van der Waals surface area contributed by atoms with Crippen LogP contribution >= 0.6 is 11.6 Å². The molecule has 1 aromatic rings. The zero-order chi connectivity index (χ0) is 15.3.